The highest BCUT2D eigenvalue weighted by Crippen LogP contribution is 2.42. The van der Waals surface area contributed by atoms with Gasteiger partial charge in [-0.25, -0.2) is 0 Å². The molecule has 2 rings (SSSR count). The second-order valence-electron chi connectivity index (χ2n) is 5.33. The van der Waals surface area contributed by atoms with Gasteiger partial charge in [-0.1, -0.05) is 0 Å². The smallest absolute Gasteiger partial charge is 0.236 e. The molecule has 0 bridgehead atoms. The Balaban J connectivity index is 2.47. The number of nitrogens with zero attached hydrogens (tertiary/aromatic N) is 1. The summed E-state index contributed by atoms with van der Waals surface area (Å²) < 4.78 is 5.67. The van der Waals surface area contributed by atoms with Crippen LogP contribution in [0.5, 0.6) is 5.75 Å². The summed E-state index contributed by atoms with van der Waals surface area (Å²) in [5, 5.41) is 0. The number of benzene rings is 1. The fourth-order valence-electron chi connectivity index (χ4n) is 2.30. The van der Waals surface area contributed by atoms with Gasteiger partial charge in [-0.05, 0) is 51.5 Å². The lowest BCUT2D eigenvalue weighted by Crippen LogP contribution is -2.33. The Bertz CT molecular complexity index is 463. The number of amides is 1. The third kappa shape index (κ3) is 1.79. The van der Waals surface area contributed by atoms with Crippen LogP contribution in [0.2, 0.25) is 0 Å². The fraction of sp³-hybridized carbons (Fsp3) is 0.500. The van der Waals surface area contributed by atoms with Crippen molar-refractivity contribution in [3.8, 4) is 5.75 Å². The van der Waals surface area contributed by atoms with E-state index in [-0.39, 0.29) is 12.0 Å². The van der Waals surface area contributed by atoms with Crippen LogP contribution in [-0.4, -0.2) is 19.1 Å². The molecule has 1 aliphatic heterocycles. The molecule has 3 nitrogen and oxygen atoms in total. The Morgan fingerprint density at radius 2 is 1.94 bits per heavy atom. The largest absolute Gasteiger partial charge is 0.491 e. The van der Waals surface area contributed by atoms with E-state index in [0.717, 1.165) is 17.0 Å². The zero-order valence-corrected chi connectivity index (χ0v) is 11.1. The van der Waals surface area contributed by atoms with Gasteiger partial charge in [0, 0.05) is 12.7 Å². The molecular weight excluding hydrogens is 214 g/mol. The summed E-state index contributed by atoms with van der Waals surface area (Å²) in [7, 11) is 1.82. The van der Waals surface area contributed by atoms with Gasteiger partial charge in [0.15, 0.2) is 0 Å². The molecule has 1 aromatic carbocycles. The number of carbonyl (C=O) groups is 1. The van der Waals surface area contributed by atoms with Crippen LogP contribution < -0.4 is 9.64 Å². The zero-order valence-electron chi connectivity index (χ0n) is 11.1. The lowest BCUT2D eigenvalue weighted by molar-refractivity contribution is -0.121. The number of hydrogen-bond acceptors (Lipinski definition) is 2. The molecule has 1 aromatic rings. The van der Waals surface area contributed by atoms with E-state index in [1.54, 1.807) is 4.90 Å². The minimum atomic E-state index is -0.458. The molecule has 0 atom stereocenters. The monoisotopic (exact) mass is 233 g/mol. The summed E-state index contributed by atoms with van der Waals surface area (Å²) in [5.74, 6) is 0.962. The van der Waals surface area contributed by atoms with Crippen LogP contribution in [0.1, 0.15) is 33.3 Å². The molecule has 1 amide bonds. The number of likely N-dealkylation sites (N-methyl/N-ethyl adjacent to an activating group) is 1. The lowest BCUT2D eigenvalue weighted by atomic mass is 9.86. The third-order valence-electron chi connectivity index (χ3n) is 3.21. The van der Waals surface area contributed by atoms with Crippen molar-refractivity contribution < 1.29 is 9.53 Å². The first-order valence-electron chi connectivity index (χ1n) is 5.93. The van der Waals surface area contributed by atoms with E-state index in [1.807, 2.05) is 52.9 Å². The molecule has 0 aromatic heterocycles. The Hall–Kier alpha value is -1.51. The summed E-state index contributed by atoms with van der Waals surface area (Å²) in [6.45, 7) is 7.90. The topological polar surface area (TPSA) is 29.5 Å². The zero-order chi connectivity index (χ0) is 12.8. The highest BCUT2D eigenvalue weighted by atomic mass is 16.5. The van der Waals surface area contributed by atoms with E-state index in [4.69, 9.17) is 4.74 Å². The summed E-state index contributed by atoms with van der Waals surface area (Å²) in [6.07, 6.45) is 0.144. The predicted octanol–water partition coefficient (Wildman–Crippen LogP) is 2.73. The van der Waals surface area contributed by atoms with Gasteiger partial charge in [-0.15, -0.1) is 0 Å². The molecule has 0 saturated carbocycles. The molecule has 0 unspecified atom stereocenters. The van der Waals surface area contributed by atoms with Crippen molar-refractivity contribution in [3.63, 3.8) is 0 Å². The van der Waals surface area contributed by atoms with Crippen molar-refractivity contribution in [3.05, 3.63) is 23.8 Å². The Morgan fingerprint density at radius 1 is 1.29 bits per heavy atom. The first-order valence-corrected chi connectivity index (χ1v) is 5.93. The van der Waals surface area contributed by atoms with Crippen LogP contribution in [0.15, 0.2) is 18.2 Å². The average Bonchev–Trinajstić information content (AvgIpc) is 2.40. The van der Waals surface area contributed by atoms with Crippen LogP contribution in [0, 0.1) is 0 Å². The Labute approximate surface area is 102 Å². The quantitative estimate of drug-likeness (QED) is 0.786. The normalized spacial score (nSPS) is 17.5. The van der Waals surface area contributed by atoms with Crippen LogP contribution >= 0.6 is 0 Å². The second-order valence-corrected chi connectivity index (χ2v) is 5.33. The van der Waals surface area contributed by atoms with Crippen molar-refractivity contribution >= 4 is 11.6 Å². The fourth-order valence-corrected chi connectivity index (χ4v) is 2.30. The lowest BCUT2D eigenvalue weighted by Gasteiger charge is -2.17. The highest BCUT2D eigenvalue weighted by Gasteiger charge is 2.42. The van der Waals surface area contributed by atoms with Crippen LogP contribution in [0.4, 0.5) is 5.69 Å². The van der Waals surface area contributed by atoms with Gasteiger partial charge < -0.3 is 9.64 Å². The standard InChI is InChI=1S/C14H19NO2/c1-9(2)17-10-6-7-12-11(8-10)14(3,4)13(16)15(12)5/h6-9H,1-5H3. The Kier molecular flexibility index (Phi) is 2.64. The number of carbonyl (C=O) groups excluding carboxylic acids is 1. The molecule has 92 valence electrons. The average molecular weight is 233 g/mol. The van der Waals surface area contributed by atoms with Crippen molar-refractivity contribution in [2.45, 2.75) is 39.2 Å². The summed E-state index contributed by atoms with van der Waals surface area (Å²) >= 11 is 0. The van der Waals surface area contributed by atoms with Crippen molar-refractivity contribution in [1.29, 1.82) is 0 Å². The SMILES string of the molecule is CC(C)Oc1ccc2c(c1)C(C)(C)C(=O)N2C. The minimum Gasteiger partial charge on any atom is -0.491 e. The number of anilines is 1. The maximum atomic E-state index is 12.1. The number of hydrogen-bond donors (Lipinski definition) is 0. The van der Waals surface area contributed by atoms with Crippen LogP contribution in [0.3, 0.4) is 0 Å². The maximum absolute atomic E-state index is 12.1. The maximum Gasteiger partial charge on any atom is 0.236 e. The highest BCUT2D eigenvalue weighted by molar-refractivity contribution is 6.07. The van der Waals surface area contributed by atoms with E-state index >= 15 is 0 Å². The van der Waals surface area contributed by atoms with E-state index in [0.29, 0.717) is 0 Å². The van der Waals surface area contributed by atoms with Gasteiger partial charge in [0.05, 0.1) is 11.5 Å². The molecule has 0 spiro atoms. The second kappa shape index (κ2) is 3.76. The van der Waals surface area contributed by atoms with Crippen LogP contribution in [0.25, 0.3) is 0 Å². The summed E-state index contributed by atoms with van der Waals surface area (Å²) in [6, 6.07) is 5.86. The molecule has 0 saturated heterocycles. The predicted molar refractivity (Wildman–Crippen MR) is 68.6 cm³/mol. The molecule has 17 heavy (non-hydrogen) atoms. The molecular formula is C14H19NO2. The summed E-state index contributed by atoms with van der Waals surface area (Å²) in [4.78, 5) is 13.8. The minimum absolute atomic E-state index is 0.134. The number of fused-ring (bicyclic) bond motifs is 1. The van der Waals surface area contributed by atoms with Crippen molar-refractivity contribution in [2.24, 2.45) is 0 Å². The molecule has 1 heterocycles. The molecule has 0 radical (unpaired) electrons. The number of rotatable bonds is 2. The van der Waals surface area contributed by atoms with E-state index in [2.05, 4.69) is 0 Å². The Morgan fingerprint density at radius 3 is 2.53 bits per heavy atom. The van der Waals surface area contributed by atoms with Gasteiger partial charge >= 0.3 is 0 Å². The molecule has 1 aliphatic rings. The van der Waals surface area contributed by atoms with Gasteiger partial charge in [-0.3, -0.25) is 4.79 Å². The molecule has 3 heteroatoms. The van der Waals surface area contributed by atoms with Crippen LogP contribution in [-0.2, 0) is 10.2 Å². The van der Waals surface area contributed by atoms with E-state index in [1.165, 1.54) is 0 Å². The van der Waals surface area contributed by atoms with Gasteiger partial charge in [-0.2, -0.15) is 0 Å². The number of ether oxygens (including phenoxy) is 1. The molecule has 0 aliphatic carbocycles. The van der Waals surface area contributed by atoms with E-state index < -0.39 is 5.41 Å². The summed E-state index contributed by atoms with van der Waals surface area (Å²) in [5.41, 5.74) is 1.57. The van der Waals surface area contributed by atoms with Crippen molar-refractivity contribution in [2.75, 3.05) is 11.9 Å². The third-order valence-corrected chi connectivity index (χ3v) is 3.21. The first kappa shape index (κ1) is 12.0. The molecule has 0 fully saturated rings. The van der Waals surface area contributed by atoms with Gasteiger partial charge in [0.25, 0.3) is 0 Å². The molecule has 0 N–H and O–H groups in total. The first-order chi connectivity index (χ1) is 7.84. The van der Waals surface area contributed by atoms with Gasteiger partial charge in [0.1, 0.15) is 5.75 Å². The van der Waals surface area contributed by atoms with Gasteiger partial charge in [0.2, 0.25) is 5.91 Å². The van der Waals surface area contributed by atoms with Crippen molar-refractivity contribution in [1.82, 2.24) is 0 Å². The van der Waals surface area contributed by atoms with E-state index in [9.17, 15) is 4.79 Å².